The first kappa shape index (κ1) is 13.7. The van der Waals surface area contributed by atoms with E-state index in [4.69, 9.17) is 10.5 Å². The highest BCUT2D eigenvalue weighted by Crippen LogP contribution is 2.27. The summed E-state index contributed by atoms with van der Waals surface area (Å²) in [4.78, 5) is 0. The van der Waals surface area contributed by atoms with Crippen molar-refractivity contribution in [2.24, 2.45) is 10.8 Å². The van der Waals surface area contributed by atoms with Gasteiger partial charge in [-0.2, -0.15) is 5.10 Å². The van der Waals surface area contributed by atoms with Gasteiger partial charge in [0.15, 0.2) is 5.11 Å². The molecule has 0 spiro atoms. The fourth-order valence-electron chi connectivity index (χ4n) is 0.965. The molecular formula is C9H9BrIN3OS. The lowest BCUT2D eigenvalue weighted by Gasteiger charge is -2.06. The molecular weight excluding hydrogens is 405 g/mol. The van der Waals surface area contributed by atoms with E-state index in [1.54, 1.807) is 13.3 Å². The van der Waals surface area contributed by atoms with Crippen LogP contribution in [0.4, 0.5) is 0 Å². The van der Waals surface area contributed by atoms with Gasteiger partial charge in [-0.25, -0.2) is 0 Å². The van der Waals surface area contributed by atoms with Crippen LogP contribution >= 0.6 is 50.7 Å². The Morgan fingerprint density at radius 2 is 2.38 bits per heavy atom. The molecule has 16 heavy (non-hydrogen) atoms. The second kappa shape index (κ2) is 6.36. The number of rotatable bonds is 3. The smallest absolute Gasteiger partial charge is 0.184 e. The van der Waals surface area contributed by atoms with Crippen LogP contribution in [0.15, 0.2) is 21.7 Å². The van der Waals surface area contributed by atoms with Gasteiger partial charge in [-0.3, -0.25) is 5.43 Å². The van der Waals surface area contributed by atoms with Gasteiger partial charge in [-0.15, -0.1) is 0 Å². The van der Waals surface area contributed by atoms with Crippen LogP contribution in [-0.4, -0.2) is 18.4 Å². The van der Waals surface area contributed by atoms with Crippen LogP contribution in [0.2, 0.25) is 0 Å². The Balaban J connectivity index is 2.93. The molecule has 0 amide bonds. The topological polar surface area (TPSA) is 59.6 Å². The van der Waals surface area contributed by atoms with E-state index in [9.17, 15) is 0 Å². The van der Waals surface area contributed by atoms with Crippen LogP contribution < -0.4 is 15.9 Å². The number of nitrogens with two attached hydrogens (primary N) is 1. The maximum Gasteiger partial charge on any atom is 0.184 e. The van der Waals surface area contributed by atoms with Crippen LogP contribution in [0.25, 0.3) is 0 Å². The quantitative estimate of drug-likeness (QED) is 0.345. The molecule has 3 N–H and O–H groups in total. The summed E-state index contributed by atoms with van der Waals surface area (Å²) in [6, 6.07) is 3.82. The lowest BCUT2D eigenvalue weighted by atomic mass is 10.2. The number of hydrogen-bond donors (Lipinski definition) is 2. The Hall–Kier alpha value is -0.410. The standard InChI is InChI=1S/C9H9BrIN3OS/c1-15-8-3-6(10)5(2-7(8)11)4-13-14-9(12)16/h2-4H,1H3,(H3,12,14,16). The van der Waals surface area contributed by atoms with Crippen molar-refractivity contribution in [3.63, 3.8) is 0 Å². The number of halogens is 2. The molecule has 0 fully saturated rings. The van der Waals surface area contributed by atoms with Crippen LogP contribution in [0, 0.1) is 3.57 Å². The molecule has 0 aliphatic rings. The number of thiocarbonyl (C=S) groups is 1. The Morgan fingerprint density at radius 3 is 2.94 bits per heavy atom. The molecule has 0 aliphatic heterocycles. The summed E-state index contributed by atoms with van der Waals surface area (Å²) in [7, 11) is 1.63. The zero-order valence-electron chi connectivity index (χ0n) is 8.33. The highest BCUT2D eigenvalue weighted by molar-refractivity contribution is 14.1. The predicted octanol–water partition coefficient (Wildman–Crippen LogP) is 2.23. The molecule has 0 unspecified atom stereocenters. The van der Waals surface area contributed by atoms with Crippen LogP contribution in [0.3, 0.4) is 0 Å². The summed E-state index contributed by atoms with van der Waals surface area (Å²) in [5, 5.41) is 4.02. The summed E-state index contributed by atoms with van der Waals surface area (Å²) in [6.07, 6.45) is 1.63. The zero-order valence-corrected chi connectivity index (χ0v) is 12.9. The molecule has 0 atom stereocenters. The zero-order chi connectivity index (χ0) is 12.1. The summed E-state index contributed by atoms with van der Waals surface area (Å²) in [6.45, 7) is 0. The molecule has 0 aromatic heterocycles. The third-order valence-electron chi connectivity index (χ3n) is 1.65. The third-order valence-corrected chi connectivity index (χ3v) is 3.27. The van der Waals surface area contributed by atoms with Crippen molar-refractivity contribution in [3.05, 3.63) is 25.7 Å². The first-order valence-electron chi connectivity index (χ1n) is 4.16. The van der Waals surface area contributed by atoms with Crippen molar-refractivity contribution in [1.29, 1.82) is 0 Å². The molecule has 4 nitrogen and oxygen atoms in total. The number of methoxy groups -OCH3 is 1. The lowest BCUT2D eigenvalue weighted by molar-refractivity contribution is 0.411. The van der Waals surface area contributed by atoms with Crippen molar-refractivity contribution in [1.82, 2.24) is 5.43 Å². The van der Waals surface area contributed by atoms with Crippen molar-refractivity contribution >= 4 is 62.1 Å². The molecule has 0 aliphatic carbocycles. The van der Waals surface area contributed by atoms with Crippen molar-refractivity contribution in [3.8, 4) is 5.75 Å². The minimum Gasteiger partial charge on any atom is -0.496 e. The van der Waals surface area contributed by atoms with Gasteiger partial charge >= 0.3 is 0 Å². The highest BCUT2D eigenvalue weighted by atomic mass is 127. The second-order valence-electron chi connectivity index (χ2n) is 2.74. The summed E-state index contributed by atoms with van der Waals surface area (Å²) >= 11 is 10.2. The molecule has 7 heteroatoms. The van der Waals surface area contributed by atoms with Gasteiger partial charge < -0.3 is 10.5 Å². The number of hydrogen-bond acceptors (Lipinski definition) is 3. The first-order chi connectivity index (χ1) is 7.54. The largest absolute Gasteiger partial charge is 0.496 e. The Kier molecular flexibility index (Phi) is 5.42. The number of nitrogens with one attached hydrogen (secondary N) is 1. The van der Waals surface area contributed by atoms with Crippen molar-refractivity contribution in [2.45, 2.75) is 0 Å². The minimum atomic E-state index is 0.135. The molecule has 0 saturated carbocycles. The van der Waals surface area contributed by atoms with Crippen molar-refractivity contribution < 1.29 is 4.74 Å². The highest BCUT2D eigenvalue weighted by Gasteiger charge is 2.05. The SMILES string of the molecule is COc1cc(Br)c(C=NNC(N)=S)cc1I. The Bertz CT molecular complexity index is 439. The van der Waals surface area contributed by atoms with Gasteiger partial charge in [-0.05, 0) is 62.9 Å². The summed E-state index contributed by atoms with van der Waals surface area (Å²) in [5.41, 5.74) is 8.65. The van der Waals surface area contributed by atoms with Gasteiger partial charge in [0.05, 0.1) is 16.9 Å². The van der Waals surface area contributed by atoms with Gasteiger partial charge in [0, 0.05) is 10.0 Å². The number of benzene rings is 1. The minimum absolute atomic E-state index is 0.135. The van der Waals surface area contributed by atoms with Gasteiger partial charge in [-0.1, -0.05) is 0 Å². The van der Waals surface area contributed by atoms with E-state index in [-0.39, 0.29) is 5.11 Å². The molecule has 1 rings (SSSR count). The van der Waals surface area contributed by atoms with Crippen LogP contribution in [-0.2, 0) is 0 Å². The normalized spacial score (nSPS) is 10.4. The van der Waals surface area contributed by atoms with Gasteiger partial charge in [0.25, 0.3) is 0 Å². The van der Waals surface area contributed by atoms with E-state index in [0.29, 0.717) is 0 Å². The number of nitrogens with zero attached hydrogens (tertiary/aromatic N) is 1. The lowest BCUT2D eigenvalue weighted by Crippen LogP contribution is -2.24. The molecule has 0 heterocycles. The van der Waals surface area contributed by atoms with E-state index < -0.39 is 0 Å². The van der Waals surface area contributed by atoms with Gasteiger partial charge in [0.2, 0.25) is 0 Å². The van der Waals surface area contributed by atoms with Crippen LogP contribution in [0.5, 0.6) is 5.75 Å². The Morgan fingerprint density at radius 1 is 1.69 bits per heavy atom. The molecule has 0 saturated heterocycles. The monoisotopic (exact) mass is 413 g/mol. The fourth-order valence-corrected chi connectivity index (χ4v) is 2.15. The predicted molar refractivity (Wildman–Crippen MR) is 80.9 cm³/mol. The van der Waals surface area contributed by atoms with Crippen molar-refractivity contribution in [2.75, 3.05) is 7.11 Å². The Labute approximate surface area is 121 Å². The number of hydrazone groups is 1. The fraction of sp³-hybridized carbons (Fsp3) is 0.111. The average molecular weight is 414 g/mol. The molecule has 1 aromatic rings. The van der Waals surface area contributed by atoms with E-state index >= 15 is 0 Å². The molecule has 86 valence electrons. The average Bonchev–Trinajstić information content (AvgIpc) is 2.22. The third kappa shape index (κ3) is 3.87. The first-order valence-corrected chi connectivity index (χ1v) is 6.44. The summed E-state index contributed by atoms with van der Waals surface area (Å²) < 4.78 is 7.07. The van der Waals surface area contributed by atoms with E-state index in [2.05, 4.69) is 61.3 Å². The van der Waals surface area contributed by atoms with Crippen LogP contribution in [0.1, 0.15) is 5.56 Å². The van der Waals surface area contributed by atoms with Gasteiger partial charge in [0.1, 0.15) is 5.75 Å². The van der Waals surface area contributed by atoms with E-state index in [1.165, 1.54) is 0 Å². The molecule has 0 bridgehead atoms. The summed E-state index contributed by atoms with van der Waals surface area (Å²) in [5.74, 6) is 0.812. The maximum absolute atomic E-state index is 5.24. The van der Waals surface area contributed by atoms with E-state index in [0.717, 1.165) is 19.4 Å². The number of ether oxygens (including phenoxy) is 1. The second-order valence-corrected chi connectivity index (χ2v) is 5.20. The maximum atomic E-state index is 5.24. The molecule has 1 aromatic carbocycles. The molecule has 0 radical (unpaired) electrons. The van der Waals surface area contributed by atoms with E-state index in [1.807, 2.05) is 12.1 Å².